The molecule has 0 amide bonds. The zero-order chi connectivity index (χ0) is 41.1. The smallest absolute Gasteiger partial charge is 0.296 e. The van der Waals surface area contributed by atoms with Crippen LogP contribution in [0.3, 0.4) is 0 Å². The van der Waals surface area contributed by atoms with E-state index in [0.717, 1.165) is 36.4 Å². The van der Waals surface area contributed by atoms with E-state index in [2.05, 4.69) is 20.5 Å². The Hall–Kier alpha value is -5.14. The number of nitrogen functional groups attached to an aromatic ring is 2. The highest BCUT2D eigenvalue weighted by molar-refractivity contribution is 7.86. The molecule has 0 heterocycles. The molecule has 0 saturated heterocycles. The van der Waals surface area contributed by atoms with Gasteiger partial charge in [-0.15, -0.1) is 20.5 Å². The van der Waals surface area contributed by atoms with Gasteiger partial charge in [0, 0.05) is 10.8 Å². The minimum atomic E-state index is -4.92. The van der Waals surface area contributed by atoms with Crippen LogP contribution in [0.1, 0.15) is 0 Å². The highest BCUT2D eigenvalue weighted by atomic mass is 35.5. The van der Waals surface area contributed by atoms with Crippen molar-refractivity contribution in [2.24, 2.45) is 20.5 Å². The van der Waals surface area contributed by atoms with Crippen molar-refractivity contribution in [2.75, 3.05) is 11.5 Å². The van der Waals surface area contributed by atoms with Crippen LogP contribution in [-0.4, -0.2) is 51.9 Å². The van der Waals surface area contributed by atoms with E-state index in [9.17, 15) is 51.9 Å². The Morgan fingerprint density at radius 1 is 0.446 bits per heavy atom. The average Bonchev–Trinajstić information content (AvgIpc) is 3.09. The third-order valence-corrected chi connectivity index (χ3v) is 12.2. The summed E-state index contributed by atoms with van der Waals surface area (Å²) in [5, 5.41) is 16.5. The fourth-order valence-corrected chi connectivity index (χ4v) is 8.19. The summed E-state index contributed by atoms with van der Waals surface area (Å²) >= 11 is 13.0. The maximum atomic E-state index is 12.1. The molecule has 0 fully saturated rings. The van der Waals surface area contributed by atoms with Crippen LogP contribution < -0.4 is 11.5 Å². The predicted molar refractivity (Wildman–Crippen MR) is 206 cm³/mol. The Kier molecular flexibility index (Phi) is 10.4. The van der Waals surface area contributed by atoms with Gasteiger partial charge in [0.1, 0.15) is 32.5 Å². The molecule has 0 aliphatic carbocycles. The van der Waals surface area contributed by atoms with Crippen molar-refractivity contribution in [3.63, 3.8) is 0 Å². The first-order valence-electron chi connectivity index (χ1n) is 15.0. The molecule has 0 unspecified atom stereocenters. The Morgan fingerprint density at radius 2 is 0.804 bits per heavy atom. The minimum absolute atomic E-state index is 0.0480. The monoisotopic (exact) mass is 880 g/mol. The fourth-order valence-electron chi connectivity index (χ4n) is 5.42. The lowest BCUT2D eigenvalue weighted by molar-refractivity contribution is 0.481. The van der Waals surface area contributed by atoms with Crippen molar-refractivity contribution in [2.45, 2.75) is 19.6 Å². The van der Waals surface area contributed by atoms with Crippen LogP contribution >= 0.6 is 23.2 Å². The van der Waals surface area contributed by atoms with Crippen LogP contribution in [0.2, 0.25) is 10.0 Å². The lowest BCUT2D eigenvalue weighted by Crippen LogP contribution is -2.04. The minimum Gasteiger partial charge on any atom is -0.396 e. The van der Waals surface area contributed by atoms with Gasteiger partial charge in [0.15, 0.2) is 0 Å². The molecule has 290 valence electrons. The van der Waals surface area contributed by atoms with Gasteiger partial charge in [-0.25, -0.2) is 0 Å². The Bertz CT molecular complexity index is 2990. The van der Waals surface area contributed by atoms with Crippen LogP contribution in [0.15, 0.2) is 125 Å². The molecule has 0 saturated carbocycles. The molecule has 6 rings (SSSR count). The third kappa shape index (κ3) is 8.20. The summed E-state index contributed by atoms with van der Waals surface area (Å²) in [5.74, 6) is 0. The van der Waals surface area contributed by atoms with E-state index >= 15 is 0 Å². The van der Waals surface area contributed by atoms with Gasteiger partial charge in [0.25, 0.3) is 40.5 Å². The maximum absolute atomic E-state index is 12.1. The van der Waals surface area contributed by atoms with E-state index in [4.69, 9.17) is 34.7 Å². The molecule has 8 N–H and O–H groups in total. The molecule has 0 radical (unpaired) electrons. The molecule has 24 heteroatoms. The highest BCUT2D eigenvalue weighted by Gasteiger charge is 2.23. The first-order chi connectivity index (χ1) is 25.9. The summed E-state index contributed by atoms with van der Waals surface area (Å²) < 4.78 is 133. The number of anilines is 2. The second-order valence-electron chi connectivity index (χ2n) is 11.7. The quantitative estimate of drug-likeness (QED) is 0.0456. The Labute approximate surface area is 327 Å². The summed E-state index contributed by atoms with van der Waals surface area (Å²) in [6, 6.07) is 17.3. The first-order valence-corrected chi connectivity index (χ1v) is 21.5. The van der Waals surface area contributed by atoms with E-state index < -0.39 is 71.4 Å². The number of azo groups is 2. The number of fused-ring (bicyclic) bond motifs is 2. The van der Waals surface area contributed by atoms with Crippen molar-refractivity contribution in [3.05, 3.63) is 95.0 Å². The summed E-state index contributed by atoms with van der Waals surface area (Å²) in [4.78, 5) is -2.69. The Balaban J connectivity index is 1.33. The molecule has 18 nitrogen and oxygen atoms in total. The number of halogens is 2. The fraction of sp³-hybridized carbons (Fsp3) is 0. The van der Waals surface area contributed by atoms with Crippen molar-refractivity contribution >= 4 is 119 Å². The molecule has 6 aromatic rings. The molecule has 0 spiro atoms. The second kappa shape index (κ2) is 14.4. The third-order valence-electron chi connectivity index (χ3n) is 8.07. The summed E-state index contributed by atoms with van der Waals surface area (Å²) in [6.07, 6.45) is 0. The van der Waals surface area contributed by atoms with Crippen LogP contribution in [0, 0.1) is 0 Å². The second-order valence-corrected chi connectivity index (χ2v) is 18.1. The molecule has 0 aliphatic heterocycles. The van der Waals surface area contributed by atoms with E-state index in [0.29, 0.717) is 11.1 Å². The van der Waals surface area contributed by atoms with Crippen LogP contribution in [0.5, 0.6) is 0 Å². The zero-order valence-electron chi connectivity index (χ0n) is 27.5. The molecule has 0 aliphatic rings. The van der Waals surface area contributed by atoms with E-state index in [1.807, 2.05) is 0 Å². The standard InChI is InChI=1S/C32H22Cl2N6O12S4/c33-23-11-15(1-7-25(23)37-39-31-21-5-3-19(53(41,42)43)9-17(21)13-27(29(31)35)55(47,48)49)16-2-8-26(24(34)12-16)38-40-32-22-6-4-20(54(44,45)46)10-18(22)14-28(30(32)36)56(50,51)52/h1-14H,35-36H2,(H,41,42,43)(H,44,45,46)(H,47,48,49)(H,50,51,52). The van der Waals surface area contributed by atoms with Crippen LogP contribution in [0.25, 0.3) is 32.7 Å². The topological polar surface area (TPSA) is 319 Å². The number of hydrogen-bond donors (Lipinski definition) is 6. The molecule has 0 aromatic heterocycles. The SMILES string of the molecule is Nc1c(S(=O)(=O)O)cc2cc(S(=O)(=O)O)ccc2c1N=Nc1ccc(-c2ccc(N=Nc3c(N)c(S(=O)(=O)O)cc4cc(S(=O)(=O)O)ccc34)c(Cl)c2)cc1Cl. The van der Waals surface area contributed by atoms with Gasteiger partial charge in [-0.05, 0) is 82.6 Å². The van der Waals surface area contributed by atoms with Gasteiger partial charge < -0.3 is 11.5 Å². The van der Waals surface area contributed by atoms with Crippen molar-refractivity contribution in [1.29, 1.82) is 0 Å². The van der Waals surface area contributed by atoms with Crippen molar-refractivity contribution < 1.29 is 51.9 Å². The van der Waals surface area contributed by atoms with Crippen molar-refractivity contribution in [1.82, 2.24) is 0 Å². The van der Waals surface area contributed by atoms with Gasteiger partial charge in [0.2, 0.25) is 0 Å². The number of nitrogens with zero attached hydrogens (tertiary/aromatic N) is 4. The number of nitrogens with two attached hydrogens (primary N) is 2. The average molecular weight is 882 g/mol. The summed E-state index contributed by atoms with van der Waals surface area (Å²) in [7, 11) is -19.2. The van der Waals surface area contributed by atoms with Crippen molar-refractivity contribution in [3.8, 4) is 11.1 Å². The molecular weight excluding hydrogens is 860 g/mol. The van der Waals surface area contributed by atoms with Gasteiger partial charge >= 0.3 is 0 Å². The zero-order valence-corrected chi connectivity index (χ0v) is 32.2. The number of rotatable bonds is 9. The summed E-state index contributed by atoms with van der Waals surface area (Å²) in [6.45, 7) is 0. The van der Waals surface area contributed by atoms with E-state index in [1.165, 1.54) is 36.4 Å². The number of benzene rings is 6. The number of hydrogen-bond acceptors (Lipinski definition) is 14. The molecule has 56 heavy (non-hydrogen) atoms. The molecule has 6 aromatic carbocycles. The van der Waals surface area contributed by atoms with Gasteiger partial charge in [-0.1, -0.05) is 47.5 Å². The largest absolute Gasteiger partial charge is 0.396 e. The van der Waals surface area contributed by atoms with Gasteiger partial charge in [-0.2, -0.15) is 33.7 Å². The van der Waals surface area contributed by atoms with E-state index in [-0.39, 0.29) is 54.3 Å². The lowest BCUT2D eigenvalue weighted by Gasteiger charge is -2.11. The lowest BCUT2D eigenvalue weighted by atomic mass is 10.0. The van der Waals surface area contributed by atoms with Gasteiger partial charge in [-0.3, -0.25) is 18.2 Å². The highest BCUT2D eigenvalue weighted by Crippen LogP contribution is 2.42. The first kappa shape index (κ1) is 40.5. The molecule has 0 atom stereocenters. The van der Waals surface area contributed by atoms with Gasteiger partial charge in [0.05, 0.1) is 31.2 Å². The molecule has 0 bridgehead atoms. The predicted octanol–water partition coefficient (Wildman–Crippen LogP) is 7.95. The normalized spacial score (nSPS) is 13.0. The summed E-state index contributed by atoms with van der Waals surface area (Å²) in [5.41, 5.74) is 11.7. The Morgan fingerprint density at radius 3 is 1.11 bits per heavy atom. The molecular formula is C32H22Cl2N6O12S4. The van der Waals surface area contributed by atoms with Crippen LogP contribution in [0.4, 0.5) is 34.1 Å². The van der Waals surface area contributed by atoms with Crippen LogP contribution in [-0.2, 0) is 40.5 Å². The van der Waals surface area contributed by atoms with E-state index in [1.54, 1.807) is 12.1 Å². The maximum Gasteiger partial charge on any atom is 0.296 e.